The Morgan fingerprint density at radius 2 is 0.873 bits per heavy atom. The van der Waals surface area contributed by atoms with E-state index in [0.29, 0.717) is 20.3 Å². The molecule has 8 fully saturated rings. The van der Waals surface area contributed by atoms with Gasteiger partial charge in [0, 0.05) is 15.9 Å². The zero-order valence-electron chi connectivity index (χ0n) is 43.6. The zero-order chi connectivity index (χ0) is 50.3. The van der Waals surface area contributed by atoms with Crippen molar-refractivity contribution < 1.29 is 34.0 Å². The summed E-state index contributed by atoms with van der Waals surface area (Å²) in [6.45, 7) is 16.3. The van der Waals surface area contributed by atoms with Gasteiger partial charge in [-0.1, -0.05) is 134 Å². The molecule has 8 saturated carbocycles. The number of hydrogen-bond acceptors (Lipinski definition) is 0. The maximum absolute atomic E-state index is 11.2. The number of alkyl halides is 3. The van der Waals surface area contributed by atoms with Crippen LogP contribution in [0.15, 0.2) is 109 Å². The first-order chi connectivity index (χ1) is 33.7. The van der Waals surface area contributed by atoms with Crippen LogP contribution < -0.4 is 10.4 Å². The second-order valence-corrected chi connectivity index (χ2v) is 40.8. The van der Waals surface area contributed by atoms with E-state index in [9.17, 15) is 13.2 Å². The fourth-order valence-corrected chi connectivity index (χ4v) is 18.6. The molecule has 0 nitrogen and oxygen atoms in total. The van der Waals surface area contributed by atoms with Crippen LogP contribution >= 0.6 is 17.0 Å². The van der Waals surface area contributed by atoms with E-state index in [4.69, 9.17) is 17.0 Å². The van der Waals surface area contributed by atoms with Gasteiger partial charge in [-0.3, -0.25) is 0 Å². The molecule has 8 aliphatic carbocycles. The Balaban J connectivity index is 0.000000146. The Morgan fingerprint density at radius 1 is 0.549 bits per heavy atom. The minimum atomic E-state index is -3.94. The predicted molar refractivity (Wildman–Crippen MR) is 303 cm³/mol. The average molecular weight is 1130 g/mol. The van der Waals surface area contributed by atoms with Crippen LogP contribution in [0.2, 0.25) is 51.9 Å². The topological polar surface area (TPSA) is 0 Å². The van der Waals surface area contributed by atoms with Crippen molar-refractivity contribution in [3.8, 4) is 22.3 Å². The van der Waals surface area contributed by atoms with Crippen LogP contribution in [-0.4, -0.2) is 31.8 Å². The molecule has 8 bridgehead atoms. The molecule has 0 amide bonds. The first kappa shape index (κ1) is 53.8. The Hall–Kier alpha value is -2.00. The summed E-state index contributed by atoms with van der Waals surface area (Å²) in [6, 6.07) is 43.1. The Labute approximate surface area is 448 Å². The van der Waals surface area contributed by atoms with Crippen molar-refractivity contribution in [3.05, 3.63) is 120 Å². The maximum atomic E-state index is 11.2. The molecular formula is C62H77Cl2F3Si3Zr. The van der Waals surface area contributed by atoms with Gasteiger partial charge in [-0.05, 0) is 147 Å². The number of hydrogen-bond donors (Lipinski definition) is 0. The molecule has 6 aromatic rings. The summed E-state index contributed by atoms with van der Waals surface area (Å²) in [5, 5.41) is 8.87. The Morgan fingerprint density at radius 3 is 1.14 bits per heavy atom. The molecule has 8 aliphatic rings. The number of halogens is 5. The quantitative estimate of drug-likeness (QED) is 0.0947. The van der Waals surface area contributed by atoms with Gasteiger partial charge in [0.15, 0.2) is 0 Å². The molecule has 0 saturated heterocycles. The fraction of sp³-hybridized carbons (Fsp3) is 0.516. The third-order valence-corrected chi connectivity index (χ3v) is 22.8. The molecule has 2 radical (unpaired) electrons. The van der Waals surface area contributed by atoms with Crippen LogP contribution in [0.4, 0.5) is 13.2 Å². The van der Waals surface area contributed by atoms with Crippen molar-refractivity contribution in [2.75, 3.05) is 0 Å². The van der Waals surface area contributed by atoms with Gasteiger partial charge in [-0.25, -0.2) is 0 Å². The van der Waals surface area contributed by atoms with Crippen LogP contribution in [0.3, 0.4) is 0 Å². The van der Waals surface area contributed by atoms with Crippen LogP contribution in [0.1, 0.15) is 94.6 Å². The summed E-state index contributed by atoms with van der Waals surface area (Å²) >= 11 is -0.826. The normalized spacial score (nSPS) is 27.1. The first-order valence-corrected chi connectivity index (χ1v) is 42.0. The average Bonchev–Trinajstić information content (AvgIpc) is 3.90. The second-order valence-electron chi connectivity index (χ2n) is 25.7. The van der Waals surface area contributed by atoms with E-state index >= 15 is 0 Å². The zero-order valence-corrected chi connectivity index (χ0v) is 50.5. The van der Waals surface area contributed by atoms with Gasteiger partial charge in [0.1, 0.15) is 0 Å². The molecule has 14 rings (SSSR count). The van der Waals surface area contributed by atoms with E-state index in [2.05, 4.69) is 148 Å². The fourth-order valence-electron chi connectivity index (χ4n) is 15.7. The van der Waals surface area contributed by atoms with Gasteiger partial charge >= 0.3 is 44.1 Å². The van der Waals surface area contributed by atoms with Gasteiger partial charge in [-0.15, -0.1) is 69.1 Å². The van der Waals surface area contributed by atoms with E-state index in [1.165, 1.54) is 95.2 Å². The molecule has 0 unspecified atom stereocenters. The summed E-state index contributed by atoms with van der Waals surface area (Å²) in [5.41, 5.74) is 9.99. The molecule has 9 heteroatoms. The predicted octanol–water partition coefficient (Wildman–Crippen LogP) is 18.5. The van der Waals surface area contributed by atoms with Crippen LogP contribution in [0.5, 0.6) is 0 Å². The van der Waals surface area contributed by atoms with Gasteiger partial charge in [0.05, 0.1) is 16.1 Å². The first-order valence-electron chi connectivity index (χ1n) is 27.0. The molecule has 6 aromatic carbocycles. The van der Waals surface area contributed by atoms with E-state index in [0.717, 1.165) is 35.5 Å². The van der Waals surface area contributed by atoms with Gasteiger partial charge in [0.2, 0.25) is 0 Å². The molecule has 0 N–H and O–H groups in total. The summed E-state index contributed by atoms with van der Waals surface area (Å²) in [4.78, 5) is 0. The van der Waals surface area contributed by atoms with E-state index in [1.807, 2.05) is 0 Å². The summed E-state index contributed by atoms with van der Waals surface area (Å²) in [6.07, 6.45) is 16.4. The van der Waals surface area contributed by atoms with Crippen LogP contribution in [-0.2, 0) is 33.7 Å². The summed E-state index contributed by atoms with van der Waals surface area (Å²) < 4.78 is 33.7. The number of rotatable bonds is 10. The van der Waals surface area contributed by atoms with E-state index < -0.39 is 49.6 Å². The standard InChI is InChI=1S/2C29H35Si.C4H7F3Si.2ClH.Zr/c2*1-30(2,3)26-9-7-24(8-10-26)27-6-4-5-25-14-23(15-28(25)27)19-29-16-20-11-21(17-29)13-22(12-20)18-29;1-8-3-2-4(5,6)7;;;/h2*4-10,14-15,20-22H,11-13,16-19H2,1-3H3;2-3H2,1H3;2*1H;/q2*-1;;;;+4/p-2. The van der Waals surface area contributed by atoms with Crippen molar-refractivity contribution in [1.82, 2.24) is 0 Å². The second kappa shape index (κ2) is 21.9. The van der Waals surface area contributed by atoms with Crippen molar-refractivity contribution in [2.45, 2.75) is 154 Å². The molecule has 0 atom stereocenters. The molecule has 71 heavy (non-hydrogen) atoms. The third-order valence-electron chi connectivity index (χ3n) is 17.9. The SMILES string of the molecule is C[Si](C)(C)c1ccc(-c2cccc3[cH-]c(CC45CC6CC(CC(C6)C4)C5)cc23)cc1.C[Si](C)(C)c1ccc(-c2cccc3[cH-]c(CC45CC6CC(CC(C6)C4)C5)cc23)cc1.C[Si]CCC(F)(F)F.[Cl][Zr+2][Cl]. The third kappa shape index (κ3) is 13.0. The van der Waals surface area contributed by atoms with Crippen molar-refractivity contribution in [1.29, 1.82) is 0 Å². The van der Waals surface area contributed by atoms with Crippen molar-refractivity contribution in [2.24, 2.45) is 46.3 Å². The van der Waals surface area contributed by atoms with Crippen LogP contribution in [0, 0.1) is 46.3 Å². The van der Waals surface area contributed by atoms with Crippen molar-refractivity contribution in [3.63, 3.8) is 0 Å². The van der Waals surface area contributed by atoms with Gasteiger partial charge < -0.3 is 0 Å². The monoisotopic (exact) mass is 1120 g/mol. The molecule has 0 spiro atoms. The Kier molecular flexibility index (Phi) is 16.6. The number of fused-ring (bicyclic) bond motifs is 2. The molecular weight excluding hydrogens is 1050 g/mol. The summed E-state index contributed by atoms with van der Waals surface area (Å²) in [7, 11) is 7.79. The van der Waals surface area contributed by atoms with Gasteiger partial charge in [-0.2, -0.15) is 25.3 Å². The van der Waals surface area contributed by atoms with Gasteiger partial charge in [0.25, 0.3) is 0 Å². The van der Waals surface area contributed by atoms with Crippen molar-refractivity contribution >= 4 is 74.6 Å². The molecule has 0 heterocycles. The minimum absolute atomic E-state index is 0.281. The summed E-state index contributed by atoms with van der Waals surface area (Å²) in [5.74, 6) is 6.26. The molecule has 0 aliphatic heterocycles. The molecule has 0 aromatic heterocycles. The van der Waals surface area contributed by atoms with E-state index in [-0.39, 0.29) is 6.04 Å². The van der Waals surface area contributed by atoms with E-state index in [1.54, 1.807) is 66.6 Å². The Bertz CT molecular complexity index is 2470. The molecule has 376 valence electrons. The number of benzene rings is 4. The van der Waals surface area contributed by atoms with Crippen LogP contribution in [0.25, 0.3) is 43.8 Å².